The van der Waals surface area contributed by atoms with Crippen LogP contribution in [-0.2, 0) is 11.4 Å². The van der Waals surface area contributed by atoms with Gasteiger partial charge >= 0.3 is 5.97 Å². The van der Waals surface area contributed by atoms with Crippen LogP contribution in [0.4, 0.5) is 0 Å². The number of thioether (sulfide) groups is 1. The Bertz CT molecular complexity index is 1210. The normalized spacial score (nSPS) is 12.1. The Balaban J connectivity index is 1.69. The minimum Gasteiger partial charge on any atom is -0.485 e. The number of hydrogen-bond acceptors (Lipinski definition) is 5. The minimum atomic E-state index is -0.922. The van der Waals surface area contributed by atoms with Gasteiger partial charge in [-0.05, 0) is 36.6 Å². The van der Waals surface area contributed by atoms with Gasteiger partial charge in [-0.1, -0.05) is 65.8 Å². The Kier molecular flexibility index (Phi) is 5.92. The van der Waals surface area contributed by atoms with E-state index in [4.69, 9.17) is 16.3 Å². The van der Waals surface area contributed by atoms with Crippen molar-refractivity contribution in [3.05, 3.63) is 77.6 Å². The lowest BCUT2D eigenvalue weighted by atomic mass is 10.1. The topological polar surface area (TPSA) is 77.2 Å². The molecule has 0 amide bonds. The van der Waals surface area contributed by atoms with Crippen molar-refractivity contribution < 1.29 is 14.6 Å². The van der Waals surface area contributed by atoms with Crippen molar-refractivity contribution in [3.8, 4) is 11.4 Å². The quantitative estimate of drug-likeness (QED) is 0.398. The van der Waals surface area contributed by atoms with Crippen LogP contribution in [0.15, 0.2) is 71.9 Å². The molecule has 0 aliphatic rings. The van der Waals surface area contributed by atoms with Crippen molar-refractivity contribution in [2.45, 2.75) is 23.9 Å². The van der Waals surface area contributed by atoms with Gasteiger partial charge in [0, 0.05) is 10.4 Å². The van der Waals surface area contributed by atoms with Gasteiger partial charge in [-0.25, -0.2) is 0 Å². The van der Waals surface area contributed by atoms with E-state index in [2.05, 4.69) is 10.2 Å². The summed E-state index contributed by atoms with van der Waals surface area (Å²) in [5.41, 5.74) is 0.740. The Morgan fingerprint density at radius 2 is 1.90 bits per heavy atom. The summed E-state index contributed by atoms with van der Waals surface area (Å²) >= 11 is 7.29. The molecule has 0 fully saturated rings. The highest BCUT2D eigenvalue weighted by molar-refractivity contribution is 8.00. The summed E-state index contributed by atoms with van der Waals surface area (Å²) in [6, 6.07) is 21.1. The van der Waals surface area contributed by atoms with Crippen LogP contribution in [-0.4, -0.2) is 31.1 Å². The SMILES string of the molecule is CC(Sc1nnc(COc2cccc3ccccc23)n1-c1cccc(Cl)c1)C(=O)O. The maximum atomic E-state index is 11.3. The van der Waals surface area contributed by atoms with Crippen LogP contribution in [0.1, 0.15) is 12.7 Å². The predicted octanol–water partition coefficient (Wildman–Crippen LogP) is 5.22. The lowest BCUT2D eigenvalue weighted by molar-refractivity contribution is -0.136. The number of nitrogens with zero attached hydrogens (tertiary/aromatic N) is 3. The van der Waals surface area contributed by atoms with Crippen LogP contribution >= 0.6 is 23.4 Å². The number of aromatic nitrogens is 3. The third-order valence-electron chi connectivity index (χ3n) is 4.50. The van der Waals surface area contributed by atoms with Gasteiger partial charge in [0.1, 0.15) is 17.6 Å². The Labute approximate surface area is 182 Å². The first-order chi connectivity index (χ1) is 14.5. The molecule has 1 aromatic heterocycles. The molecule has 1 atom stereocenters. The van der Waals surface area contributed by atoms with E-state index in [0.717, 1.165) is 34.0 Å². The van der Waals surface area contributed by atoms with Crippen molar-refractivity contribution >= 4 is 40.1 Å². The second-order valence-corrected chi connectivity index (χ2v) is 8.32. The molecule has 0 saturated carbocycles. The average molecular weight is 440 g/mol. The molecule has 8 heteroatoms. The van der Waals surface area contributed by atoms with E-state index in [1.54, 1.807) is 23.6 Å². The van der Waals surface area contributed by atoms with Gasteiger partial charge in [0.05, 0.1) is 5.69 Å². The first kappa shape index (κ1) is 20.3. The van der Waals surface area contributed by atoms with Gasteiger partial charge < -0.3 is 9.84 Å². The van der Waals surface area contributed by atoms with Gasteiger partial charge in [0.15, 0.2) is 11.0 Å². The van der Waals surface area contributed by atoms with Crippen LogP contribution < -0.4 is 4.74 Å². The molecule has 0 radical (unpaired) electrons. The molecule has 4 rings (SSSR count). The highest BCUT2D eigenvalue weighted by Gasteiger charge is 2.21. The molecular formula is C22H18ClN3O3S. The monoisotopic (exact) mass is 439 g/mol. The molecule has 6 nitrogen and oxygen atoms in total. The molecular weight excluding hydrogens is 422 g/mol. The zero-order valence-electron chi connectivity index (χ0n) is 16.0. The molecule has 0 bridgehead atoms. The summed E-state index contributed by atoms with van der Waals surface area (Å²) in [6.07, 6.45) is 0. The maximum absolute atomic E-state index is 11.3. The first-order valence-electron chi connectivity index (χ1n) is 9.23. The zero-order valence-corrected chi connectivity index (χ0v) is 17.6. The fourth-order valence-corrected chi connectivity index (χ4v) is 4.02. The molecule has 152 valence electrons. The van der Waals surface area contributed by atoms with Crippen LogP contribution in [0.25, 0.3) is 16.5 Å². The van der Waals surface area contributed by atoms with Crippen LogP contribution in [0, 0.1) is 0 Å². The molecule has 4 aromatic rings. The van der Waals surface area contributed by atoms with E-state index in [1.807, 2.05) is 54.6 Å². The number of hydrogen-bond donors (Lipinski definition) is 1. The fourth-order valence-electron chi connectivity index (χ4n) is 3.02. The third-order valence-corrected chi connectivity index (χ3v) is 5.77. The number of aliphatic carboxylic acids is 1. The molecule has 30 heavy (non-hydrogen) atoms. The number of carbonyl (C=O) groups is 1. The predicted molar refractivity (Wildman–Crippen MR) is 118 cm³/mol. The van der Waals surface area contributed by atoms with E-state index in [0.29, 0.717) is 16.0 Å². The van der Waals surface area contributed by atoms with Crippen molar-refractivity contribution in [1.82, 2.24) is 14.8 Å². The number of ether oxygens (including phenoxy) is 1. The van der Waals surface area contributed by atoms with Crippen molar-refractivity contribution in [2.75, 3.05) is 0 Å². The molecule has 1 N–H and O–H groups in total. The molecule has 3 aromatic carbocycles. The summed E-state index contributed by atoms with van der Waals surface area (Å²) in [5.74, 6) is 0.362. The van der Waals surface area contributed by atoms with Crippen molar-refractivity contribution in [1.29, 1.82) is 0 Å². The molecule has 1 heterocycles. The van der Waals surface area contributed by atoms with Crippen molar-refractivity contribution in [2.24, 2.45) is 0 Å². The summed E-state index contributed by atoms with van der Waals surface area (Å²) in [6.45, 7) is 1.77. The number of carboxylic acids is 1. The molecule has 0 spiro atoms. The van der Waals surface area contributed by atoms with Gasteiger partial charge in [0.25, 0.3) is 0 Å². The highest BCUT2D eigenvalue weighted by atomic mass is 35.5. The second kappa shape index (κ2) is 8.77. The molecule has 0 aliphatic carbocycles. The van der Waals surface area contributed by atoms with Crippen LogP contribution in [0.2, 0.25) is 5.02 Å². The standard InChI is InChI=1S/C22H18ClN3O3S/c1-14(21(27)28)30-22-25-24-20(26(22)17-9-5-8-16(23)12-17)13-29-19-11-4-7-15-6-2-3-10-18(15)19/h2-12,14H,13H2,1H3,(H,27,28). The lowest BCUT2D eigenvalue weighted by Gasteiger charge is -2.13. The van der Waals surface area contributed by atoms with E-state index in [1.165, 1.54) is 0 Å². The first-order valence-corrected chi connectivity index (χ1v) is 10.5. The minimum absolute atomic E-state index is 0.162. The largest absolute Gasteiger partial charge is 0.485 e. The Morgan fingerprint density at radius 1 is 1.13 bits per heavy atom. The Hall–Kier alpha value is -3.03. The van der Waals surface area contributed by atoms with E-state index in [9.17, 15) is 9.90 Å². The summed E-state index contributed by atoms with van der Waals surface area (Å²) in [4.78, 5) is 11.3. The zero-order chi connectivity index (χ0) is 21.1. The molecule has 0 saturated heterocycles. The number of rotatable bonds is 7. The third kappa shape index (κ3) is 4.27. The van der Waals surface area contributed by atoms with E-state index >= 15 is 0 Å². The summed E-state index contributed by atoms with van der Waals surface area (Å²) in [5, 5.41) is 20.2. The van der Waals surface area contributed by atoms with Gasteiger partial charge in [-0.2, -0.15) is 0 Å². The van der Waals surface area contributed by atoms with Gasteiger partial charge in [-0.3, -0.25) is 9.36 Å². The highest BCUT2D eigenvalue weighted by Crippen LogP contribution is 2.29. The second-order valence-electron chi connectivity index (χ2n) is 6.58. The van der Waals surface area contributed by atoms with E-state index in [-0.39, 0.29) is 6.61 Å². The number of carboxylic acid groups (broad SMARTS) is 1. The number of benzene rings is 3. The van der Waals surface area contributed by atoms with Gasteiger partial charge in [-0.15, -0.1) is 10.2 Å². The molecule has 0 aliphatic heterocycles. The Morgan fingerprint density at radius 3 is 2.70 bits per heavy atom. The maximum Gasteiger partial charge on any atom is 0.316 e. The fraction of sp³-hybridized carbons (Fsp3) is 0.136. The molecule has 1 unspecified atom stereocenters. The van der Waals surface area contributed by atoms with Crippen LogP contribution in [0.3, 0.4) is 0 Å². The smallest absolute Gasteiger partial charge is 0.316 e. The van der Waals surface area contributed by atoms with Crippen molar-refractivity contribution in [3.63, 3.8) is 0 Å². The van der Waals surface area contributed by atoms with E-state index < -0.39 is 11.2 Å². The van der Waals surface area contributed by atoms with Gasteiger partial charge in [0.2, 0.25) is 0 Å². The van der Waals surface area contributed by atoms with Crippen LogP contribution in [0.5, 0.6) is 5.75 Å². The summed E-state index contributed by atoms with van der Waals surface area (Å²) in [7, 11) is 0. The number of fused-ring (bicyclic) bond motifs is 1. The average Bonchev–Trinajstić information content (AvgIpc) is 3.14. The summed E-state index contributed by atoms with van der Waals surface area (Å²) < 4.78 is 7.86. The lowest BCUT2D eigenvalue weighted by Crippen LogP contribution is -2.13. The number of halogens is 1.